The zero-order valence-corrected chi connectivity index (χ0v) is 13.1. The highest BCUT2D eigenvalue weighted by Gasteiger charge is 2.12. The molecular formula is C18H16N4O2. The van der Waals surface area contributed by atoms with Gasteiger partial charge in [0.2, 0.25) is 5.88 Å². The van der Waals surface area contributed by atoms with Crippen LogP contribution >= 0.6 is 0 Å². The summed E-state index contributed by atoms with van der Waals surface area (Å²) in [7, 11) is 1.49. The van der Waals surface area contributed by atoms with Crippen LogP contribution in [0.5, 0.6) is 5.88 Å². The molecule has 120 valence electrons. The third-order valence-electron chi connectivity index (χ3n) is 3.44. The third-order valence-corrected chi connectivity index (χ3v) is 3.44. The summed E-state index contributed by atoms with van der Waals surface area (Å²) in [4.78, 5) is 24.7. The van der Waals surface area contributed by atoms with E-state index >= 15 is 0 Å². The van der Waals surface area contributed by atoms with Gasteiger partial charge in [0.1, 0.15) is 5.56 Å². The van der Waals surface area contributed by atoms with Crippen LogP contribution in [-0.4, -0.2) is 28.0 Å². The van der Waals surface area contributed by atoms with Gasteiger partial charge < -0.3 is 10.1 Å². The number of nitrogens with zero attached hydrogens (tertiary/aromatic N) is 3. The average Bonchev–Trinajstić information content (AvgIpc) is 2.67. The number of ether oxygens (including phenoxy) is 1. The molecule has 6 heteroatoms. The van der Waals surface area contributed by atoms with Crippen molar-refractivity contribution in [3.05, 3.63) is 72.3 Å². The molecule has 0 radical (unpaired) electrons. The Morgan fingerprint density at radius 2 is 1.96 bits per heavy atom. The number of pyridine rings is 3. The highest BCUT2D eigenvalue weighted by molar-refractivity contribution is 5.96. The lowest BCUT2D eigenvalue weighted by Gasteiger charge is -2.08. The molecular weight excluding hydrogens is 304 g/mol. The summed E-state index contributed by atoms with van der Waals surface area (Å²) in [5.41, 5.74) is 3.10. The maximum atomic E-state index is 12.2. The fraction of sp³-hybridized carbons (Fsp3) is 0.111. The summed E-state index contributed by atoms with van der Waals surface area (Å²) in [5, 5.41) is 2.84. The second kappa shape index (κ2) is 7.32. The second-order valence-corrected chi connectivity index (χ2v) is 5.04. The molecule has 0 unspecified atom stereocenters. The normalized spacial score (nSPS) is 10.2. The number of rotatable bonds is 5. The van der Waals surface area contributed by atoms with Crippen molar-refractivity contribution in [2.45, 2.75) is 6.54 Å². The van der Waals surface area contributed by atoms with Crippen molar-refractivity contribution >= 4 is 5.91 Å². The molecule has 3 aromatic heterocycles. The van der Waals surface area contributed by atoms with E-state index in [9.17, 15) is 4.79 Å². The van der Waals surface area contributed by atoms with Gasteiger partial charge in [-0.25, -0.2) is 4.98 Å². The predicted octanol–water partition coefficient (Wildman–Crippen LogP) is 2.48. The molecule has 0 aliphatic heterocycles. The zero-order chi connectivity index (χ0) is 16.8. The zero-order valence-electron chi connectivity index (χ0n) is 13.1. The SMILES string of the molecule is COc1ncccc1C(=O)NCc1ccc(-c2cccnc2)nc1. The summed E-state index contributed by atoms with van der Waals surface area (Å²) in [6.45, 7) is 0.372. The molecule has 0 spiro atoms. The Balaban J connectivity index is 1.66. The number of amides is 1. The molecule has 0 saturated heterocycles. The number of nitrogens with one attached hydrogen (secondary N) is 1. The molecule has 3 rings (SSSR count). The lowest BCUT2D eigenvalue weighted by Crippen LogP contribution is -2.23. The van der Waals surface area contributed by atoms with E-state index in [1.54, 1.807) is 36.9 Å². The van der Waals surface area contributed by atoms with Crippen molar-refractivity contribution in [2.75, 3.05) is 7.11 Å². The number of carbonyl (C=O) groups is 1. The monoisotopic (exact) mass is 320 g/mol. The van der Waals surface area contributed by atoms with Gasteiger partial charge in [0.15, 0.2) is 0 Å². The Kier molecular flexibility index (Phi) is 4.76. The maximum Gasteiger partial charge on any atom is 0.257 e. The number of hydrogen-bond donors (Lipinski definition) is 1. The van der Waals surface area contributed by atoms with Gasteiger partial charge >= 0.3 is 0 Å². The van der Waals surface area contributed by atoms with Crippen LogP contribution in [-0.2, 0) is 6.54 Å². The van der Waals surface area contributed by atoms with Crippen molar-refractivity contribution in [3.63, 3.8) is 0 Å². The molecule has 6 nitrogen and oxygen atoms in total. The first-order valence-electron chi connectivity index (χ1n) is 7.40. The van der Waals surface area contributed by atoms with Gasteiger partial charge in [0, 0.05) is 36.9 Å². The number of hydrogen-bond acceptors (Lipinski definition) is 5. The molecule has 0 aromatic carbocycles. The molecule has 0 atom stereocenters. The molecule has 1 amide bonds. The number of aromatic nitrogens is 3. The molecule has 0 saturated carbocycles. The van der Waals surface area contributed by atoms with Gasteiger partial charge in [0.25, 0.3) is 5.91 Å². The lowest BCUT2D eigenvalue weighted by atomic mass is 10.1. The first kappa shape index (κ1) is 15.6. The van der Waals surface area contributed by atoms with E-state index in [-0.39, 0.29) is 5.91 Å². The molecule has 0 aliphatic rings. The Labute approximate surface area is 139 Å². The van der Waals surface area contributed by atoms with Crippen LogP contribution in [0.3, 0.4) is 0 Å². The quantitative estimate of drug-likeness (QED) is 0.781. The van der Waals surface area contributed by atoms with Crippen molar-refractivity contribution in [3.8, 4) is 17.1 Å². The Bertz CT molecular complexity index is 820. The molecule has 0 bridgehead atoms. The standard InChI is InChI=1S/C18H16N4O2/c1-24-18-15(5-3-9-20-18)17(23)22-11-13-6-7-16(21-10-13)14-4-2-8-19-12-14/h2-10,12H,11H2,1H3,(H,22,23). The second-order valence-electron chi connectivity index (χ2n) is 5.04. The summed E-state index contributed by atoms with van der Waals surface area (Å²) < 4.78 is 5.09. The van der Waals surface area contributed by atoms with Crippen molar-refractivity contribution < 1.29 is 9.53 Å². The van der Waals surface area contributed by atoms with E-state index in [1.807, 2.05) is 24.3 Å². The van der Waals surface area contributed by atoms with Gasteiger partial charge in [-0.2, -0.15) is 0 Å². The highest BCUT2D eigenvalue weighted by Crippen LogP contribution is 2.16. The minimum atomic E-state index is -0.240. The maximum absolute atomic E-state index is 12.2. The molecule has 1 N–H and O–H groups in total. The van der Waals surface area contributed by atoms with Gasteiger partial charge in [0.05, 0.1) is 12.8 Å². The van der Waals surface area contributed by atoms with Gasteiger partial charge in [-0.05, 0) is 35.9 Å². The third kappa shape index (κ3) is 3.55. The van der Waals surface area contributed by atoms with Gasteiger partial charge in [-0.3, -0.25) is 14.8 Å². The van der Waals surface area contributed by atoms with Gasteiger partial charge in [-0.15, -0.1) is 0 Å². The molecule has 0 fully saturated rings. The molecule has 24 heavy (non-hydrogen) atoms. The minimum Gasteiger partial charge on any atom is -0.480 e. The molecule has 3 aromatic rings. The van der Waals surface area contributed by atoms with E-state index in [1.165, 1.54) is 7.11 Å². The number of carbonyl (C=O) groups excluding carboxylic acids is 1. The first-order valence-corrected chi connectivity index (χ1v) is 7.40. The van der Waals surface area contributed by atoms with Crippen molar-refractivity contribution in [1.82, 2.24) is 20.3 Å². The smallest absolute Gasteiger partial charge is 0.257 e. The van der Waals surface area contributed by atoms with E-state index in [0.29, 0.717) is 18.0 Å². The van der Waals surface area contributed by atoms with Crippen LogP contribution in [0.4, 0.5) is 0 Å². The molecule has 3 heterocycles. The Morgan fingerprint density at radius 1 is 1.08 bits per heavy atom. The van der Waals surface area contributed by atoms with Crippen LogP contribution in [0.1, 0.15) is 15.9 Å². The van der Waals surface area contributed by atoms with E-state index in [0.717, 1.165) is 16.8 Å². The topological polar surface area (TPSA) is 77.0 Å². The van der Waals surface area contributed by atoms with Crippen LogP contribution in [0, 0.1) is 0 Å². The van der Waals surface area contributed by atoms with Crippen LogP contribution in [0.2, 0.25) is 0 Å². The van der Waals surface area contributed by atoms with Gasteiger partial charge in [-0.1, -0.05) is 6.07 Å². The first-order chi connectivity index (χ1) is 11.8. The van der Waals surface area contributed by atoms with Crippen molar-refractivity contribution in [2.24, 2.45) is 0 Å². The van der Waals surface area contributed by atoms with E-state index < -0.39 is 0 Å². The highest BCUT2D eigenvalue weighted by atomic mass is 16.5. The van der Waals surface area contributed by atoms with Crippen LogP contribution in [0.25, 0.3) is 11.3 Å². The van der Waals surface area contributed by atoms with Crippen molar-refractivity contribution in [1.29, 1.82) is 0 Å². The summed E-state index contributed by atoms with van der Waals surface area (Å²) >= 11 is 0. The fourth-order valence-electron chi connectivity index (χ4n) is 2.22. The Morgan fingerprint density at radius 3 is 2.67 bits per heavy atom. The van der Waals surface area contributed by atoms with Crippen LogP contribution in [0.15, 0.2) is 61.2 Å². The van der Waals surface area contributed by atoms with E-state index in [2.05, 4.69) is 20.3 Å². The summed E-state index contributed by atoms with van der Waals surface area (Å²) in [6.07, 6.45) is 6.80. The molecule has 0 aliphatic carbocycles. The lowest BCUT2D eigenvalue weighted by molar-refractivity contribution is 0.0947. The average molecular weight is 320 g/mol. The van der Waals surface area contributed by atoms with Crippen LogP contribution < -0.4 is 10.1 Å². The summed E-state index contributed by atoms with van der Waals surface area (Å²) in [6, 6.07) is 11.0. The fourth-order valence-corrected chi connectivity index (χ4v) is 2.22. The summed E-state index contributed by atoms with van der Waals surface area (Å²) in [5.74, 6) is 0.0661. The minimum absolute atomic E-state index is 0.240. The Hall–Kier alpha value is -3.28. The van der Waals surface area contributed by atoms with E-state index in [4.69, 9.17) is 4.74 Å². The predicted molar refractivity (Wildman–Crippen MR) is 89.4 cm³/mol. The number of methoxy groups -OCH3 is 1. The largest absolute Gasteiger partial charge is 0.480 e.